The molecule has 0 aromatic heterocycles. The van der Waals surface area contributed by atoms with Gasteiger partial charge in [-0.3, -0.25) is 14.4 Å². The van der Waals surface area contributed by atoms with E-state index in [0.29, 0.717) is 18.4 Å². The van der Waals surface area contributed by atoms with Crippen LogP contribution in [0.5, 0.6) is 0 Å². The van der Waals surface area contributed by atoms with Gasteiger partial charge in [-0.05, 0) is 106 Å². The van der Waals surface area contributed by atoms with E-state index in [4.69, 9.17) is 56.8 Å². The van der Waals surface area contributed by atoms with Crippen molar-refractivity contribution in [2.75, 3.05) is 39.6 Å². The third-order valence-electron chi connectivity index (χ3n) is 24.7. The van der Waals surface area contributed by atoms with Crippen molar-refractivity contribution in [3.8, 4) is 0 Å². The number of carboxylic acids is 1. The Labute approximate surface area is 563 Å². The van der Waals surface area contributed by atoms with E-state index in [0.717, 1.165) is 0 Å². The highest BCUT2D eigenvalue weighted by Crippen LogP contribution is 2.76. The number of aliphatic hydroxyl groups is 18. The molecular weight excluding hydrogens is 1310 g/mol. The molecule has 6 heterocycles. The van der Waals surface area contributed by atoms with Gasteiger partial charge in [0, 0.05) is 11.3 Å². The van der Waals surface area contributed by atoms with Crippen LogP contribution in [0.3, 0.4) is 0 Å². The number of carbonyl (C=O) groups excluding carboxylic acids is 2. The number of fused-ring (bicyclic) bond motifs is 7. The lowest BCUT2D eigenvalue weighted by Crippen LogP contribution is -2.72. The molecule has 4 saturated carbocycles. The van der Waals surface area contributed by atoms with Crippen LogP contribution in [-0.2, 0) is 71.2 Å². The SMILES string of the molecule is CC1OC(OC(=O)C23CCC(C)(C)CC2C2=CC(=O)C4C5(C)CC(O)C(OC6OC(CO)C(O)C(O)C6O)C(C)(C(=O)O)C5CCC4(C)C2(CO)CC3)C(OC2OC(C)C(OC3OCC(OC4OCC(O)(COC5OC(CO)C(O)C(O)C5O)C4O)C(O)C3O)C(O)C2O)C(O)C1O. The number of carboxylic acid groups (broad SMARTS) is 1. The average Bonchev–Trinajstić information content (AvgIpc) is 0.671. The first-order valence-corrected chi connectivity index (χ1v) is 33.7. The fraction of sp³-hybridized carbons (Fsp3) is 0.922. The monoisotopic (exact) mass is 1410 g/mol. The van der Waals surface area contributed by atoms with Gasteiger partial charge in [0.1, 0.15) is 115 Å². The molecular formula is C64H100O34. The van der Waals surface area contributed by atoms with Crippen molar-refractivity contribution in [3.05, 3.63) is 11.6 Å². The molecule has 34 heteroatoms. The molecule has 19 N–H and O–H groups in total. The maximum absolute atomic E-state index is 15.6. The zero-order valence-corrected chi connectivity index (χ0v) is 55.5. The van der Waals surface area contributed by atoms with Crippen LogP contribution in [0.25, 0.3) is 0 Å². The lowest BCUT2D eigenvalue weighted by Gasteiger charge is -2.70. The van der Waals surface area contributed by atoms with Gasteiger partial charge in [-0.15, -0.1) is 0 Å². The van der Waals surface area contributed by atoms with Crippen LogP contribution in [0.2, 0.25) is 0 Å². The van der Waals surface area contributed by atoms with Crippen LogP contribution in [0.1, 0.15) is 99.8 Å². The number of carbonyl (C=O) groups is 3. The summed E-state index contributed by atoms with van der Waals surface area (Å²) in [6, 6.07) is 0. The van der Waals surface area contributed by atoms with Crippen molar-refractivity contribution in [2.24, 2.45) is 50.2 Å². The van der Waals surface area contributed by atoms with Crippen LogP contribution in [0.4, 0.5) is 0 Å². The number of aliphatic hydroxyl groups excluding tert-OH is 17. The van der Waals surface area contributed by atoms with Gasteiger partial charge in [0.2, 0.25) is 6.29 Å². The van der Waals surface area contributed by atoms with E-state index < -0.39 is 285 Å². The van der Waals surface area contributed by atoms with Crippen LogP contribution >= 0.6 is 0 Å². The molecule has 0 amide bonds. The van der Waals surface area contributed by atoms with Crippen LogP contribution in [-0.4, -0.2) is 332 Å². The minimum atomic E-state index is -2.25. The second-order valence-electron chi connectivity index (χ2n) is 31.0. The minimum Gasteiger partial charge on any atom is -0.481 e. The van der Waals surface area contributed by atoms with Gasteiger partial charge in [-0.1, -0.05) is 33.3 Å². The second kappa shape index (κ2) is 27.9. The second-order valence-corrected chi connectivity index (χ2v) is 31.0. The molecule has 34 nitrogen and oxygen atoms in total. The summed E-state index contributed by atoms with van der Waals surface area (Å²) in [4.78, 5) is 44.9. The quantitative estimate of drug-likeness (QED) is 0.0475. The Morgan fingerprint density at radius 3 is 1.79 bits per heavy atom. The van der Waals surface area contributed by atoms with Crippen LogP contribution in [0.15, 0.2) is 11.6 Å². The van der Waals surface area contributed by atoms with Gasteiger partial charge in [0.05, 0.1) is 68.8 Å². The number of allylic oxidation sites excluding steroid dienone is 1. The zero-order chi connectivity index (χ0) is 71.8. The van der Waals surface area contributed by atoms with Gasteiger partial charge in [-0.25, -0.2) is 0 Å². The Bertz CT molecular complexity index is 2890. The van der Waals surface area contributed by atoms with Crippen molar-refractivity contribution in [1.29, 1.82) is 0 Å². The summed E-state index contributed by atoms with van der Waals surface area (Å²) in [5, 5.41) is 209. The van der Waals surface area contributed by atoms with Crippen molar-refractivity contribution in [3.63, 3.8) is 0 Å². The molecule has 37 atom stereocenters. The van der Waals surface area contributed by atoms with Crippen LogP contribution in [0, 0.1) is 50.2 Å². The highest BCUT2D eigenvalue weighted by Gasteiger charge is 2.76. The van der Waals surface area contributed by atoms with Crippen molar-refractivity contribution >= 4 is 17.7 Å². The summed E-state index contributed by atoms with van der Waals surface area (Å²) in [6.45, 7) is 7.73. The van der Waals surface area contributed by atoms with Gasteiger partial charge in [-0.2, -0.15) is 0 Å². The van der Waals surface area contributed by atoms with E-state index in [1.807, 2.05) is 20.8 Å². The molecule has 10 fully saturated rings. The summed E-state index contributed by atoms with van der Waals surface area (Å²) in [6.07, 6.45) is -45.4. The predicted octanol–water partition coefficient (Wildman–Crippen LogP) is -6.87. The lowest BCUT2D eigenvalue weighted by molar-refractivity contribution is -0.375. The minimum absolute atomic E-state index is 0.0714. The highest BCUT2D eigenvalue weighted by atomic mass is 16.8. The third kappa shape index (κ3) is 12.5. The van der Waals surface area contributed by atoms with Crippen molar-refractivity contribution in [2.45, 2.75) is 277 Å². The largest absolute Gasteiger partial charge is 0.481 e. The van der Waals surface area contributed by atoms with E-state index in [-0.39, 0.29) is 38.5 Å². The molecule has 98 heavy (non-hydrogen) atoms. The Morgan fingerprint density at radius 1 is 0.582 bits per heavy atom. The Morgan fingerprint density at radius 2 is 1.15 bits per heavy atom. The fourth-order valence-electron chi connectivity index (χ4n) is 18.8. The molecule has 560 valence electrons. The Balaban J connectivity index is 0.766. The summed E-state index contributed by atoms with van der Waals surface area (Å²) in [5.74, 6) is -5.41. The first-order chi connectivity index (χ1) is 45.8. The molecule has 0 aromatic rings. The molecule has 0 bridgehead atoms. The summed E-state index contributed by atoms with van der Waals surface area (Å²) in [7, 11) is 0. The van der Waals surface area contributed by atoms with Gasteiger partial charge in [0.15, 0.2) is 43.3 Å². The number of ketones is 1. The average molecular weight is 1410 g/mol. The van der Waals surface area contributed by atoms with E-state index in [2.05, 4.69) is 0 Å². The number of aliphatic carboxylic acids is 1. The summed E-state index contributed by atoms with van der Waals surface area (Å²) in [5.41, 5.74) is -9.34. The zero-order valence-electron chi connectivity index (χ0n) is 55.5. The Hall–Kier alpha value is -2.81. The number of hydrogen-bond acceptors (Lipinski definition) is 33. The van der Waals surface area contributed by atoms with E-state index in [1.54, 1.807) is 6.92 Å². The normalized spacial score (nSPS) is 54.1. The van der Waals surface area contributed by atoms with Crippen molar-refractivity contribution in [1.82, 2.24) is 0 Å². The molecule has 37 unspecified atom stereocenters. The smallest absolute Gasteiger partial charge is 0.315 e. The predicted molar refractivity (Wildman–Crippen MR) is 318 cm³/mol. The summed E-state index contributed by atoms with van der Waals surface area (Å²) < 4.78 is 69.7. The molecule has 11 aliphatic rings. The maximum atomic E-state index is 15.6. The van der Waals surface area contributed by atoms with Gasteiger partial charge in [0.25, 0.3) is 0 Å². The molecule has 0 radical (unpaired) electrons. The summed E-state index contributed by atoms with van der Waals surface area (Å²) >= 11 is 0. The van der Waals surface area contributed by atoms with E-state index >= 15 is 9.59 Å². The number of hydrogen-bond donors (Lipinski definition) is 19. The van der Waals surface area contributed by atoms with Gasteiger partial charge < -0.3 is 154 Å². The fourth-order valence-corrected chi connectivity index (χ4v) is 18.8. The number of rotatable bonds is 17. The first kappa shape index (κ1) is 76.3. The van der Waals surface area contributed by atoms with Crippen molar-refractivity contribution < 1.29 is 168 Å². The van der Waals surface area contributed by atoms with E-state index in [1.165, 1.54) is 26.8 Å². The molecule has 0 aromatic carbocycles. The molecule has 5 aliphatic carbocycles. The molecule has 0 spiro atoms. The van der Waals surface area contributed by atoms with Gasteiger partial charge >= 0.3 is 11.9 Å². The lowest BCUT2D eigenvalue weighted by atomic mass is 9.33. The number of ether oxygens (including phenoxy) is 12. The Kier molecular flexibility index (Phi) is 21.7. The highest BCUT2D eigenvalue weighted by molar-refractivity contribution is 5.96. The molecule has 11 rings (SSSR count). The molecule has 6 saturated heterocycles. The standard InChI is InChI=1S/C64H100O34/c1-23-33(70)39(76)46(96-52-44(81)40(77)45(24(2)91-52)95-50-41(78)36(73)31(19-87-50)94-55-48(82)64(86,22-89-55)21-88-51-42(79)37(74)34(71)29(17-65)92-51)54(90-23)98-57(85)62-11-10-58(3,4)15-26(62)25-14-27(68)47-59(5)16-28(69)49(97-53-43(80)38(75)35(72)30(18-66)93-53)61(7,56(83)84)32(59)8-9-60(47,6)63(25,20-67)13-12-62/h14,23-24,26,28-55,65-67,69-82,86H,8-13,15-22H2,1-7H3,(H,83,84). The van der Waals surface area contributed by atoms with Crippen LogP contribution < -0.4 is 0 Å². The third-order valence-corrected chi connectivity index (χ3v) is 24.7. The number of esters is 1. The first-order valence-electron chi connectivity index (χ1n) is 33.7. The topological polar surface area (TPSA) is 546 Å². The maximum Gasteiger partial charge on any atom is 0.315 e. The molecule has 6 aliphatic heterocycles. The van der Waals surface area contributed by atoms with E-state index in [9.17, 15) is 102 Å².